The second-order valence-electron chi connectivity index (χ2n) is 5.11. The van der Waals surface area contributed by atoms with E-state index in [1.165, 1.54) is 9.75 Å². The lowest BCUT2D eigenvalue weighted by atomic mass is 10.0. The first kappa shape index (κ1) is 14.0. The van der Waals surface area contributed by atoms with Gasteiger partial charge in [-0.2, -0.15) is 0 Å². The third kappa shape index (κ3) is 2.94. The molecule has 3 atom stereocenters. The number of ether oxygens (including phenoxy) is 1. The van der Waals surface area contributed by atoms with Crippen LogP contribution in [0.15, 0.2) is 12.1 Å². The summed E-state index contributed by atoms with van der Waals surface area (Å²) in [6.07, 6.45) is 2.50. The lowest BCUT2D eigenvalue weighted by molar-refractivity contribution is 0.0976. The fourth-order valence-corrected chi connectivity index (χ4v) is 3.78. The Labute approximate surface area is 114 Å². The second kappa shape index (κ2) is 6.15. The van der Waals surface area contributed by atoms with Crippen LogP contribution in [0.2, 0.25) is 0 Å². The van der Waals surface area contributed by atoms with E-state index in [4.69, 9.17) is 10.5 Å². The van der Waals surface area contributed by atoms with Crippen molar-refractivity contribution in [3.63, 3.8) is 0 Å². The number of thiophene rings is 1. The Morgan fingerprint density at radius 2 is 2.33 bits per heavy atom. The highest BCUT2D eigenvalue weighted by atomic mass is 32.1. The van der Waals surface area contributed by atoms with Crippen molar-refractivity contribution in [3.05, 3.63) is 21.9 Å². The smallest absolute Gasteiger partial charge is 0.0710 e. The van der Waals surface area contributed by atoms with Crippen molar-refractivity contribution in [2.75, 3.05) is 20.2 Å². The molecule has 0 bridgehead atoms. The maximum Gasteiger partial charge on any atom is 0.0710 e. The van der Waals surface area contributed by atoms with Crippen LogP contribution in [-0.4, -0.2) is 37.2 Å². The van der Waals surface area contributed by atoms with Crippen LogP contribution < -0.4 is 5.73 Å². The topological polar surface area (TPSA) is 38.5 Å². The monoisotopic (exact) mass is 268 g/mol. The Balaban J connectivity index is 2.16. The van der Waals surface area contributed by atoms with Crippen LogP contribution in [0.5, 0.6) is 0 Å². The zero-order valence-corrected chi connectivity index (χ0v) is 12.4. The molecule has 0 aliphatic carbocycles. The average molecular weight is 268 g/mol. The van der Waals surface area contributed by atoms with Crippen LogP contribution in [0.3, 0.4) is 0 Å². The molecule has 0 radical (unpaired) electrons. The molecule has 2 heterocycles. The summed E-state index contributed by atoms with van der Waals surface area (Å²) in [5.41, 5.74) is 6.35. The van der Waals surface area contributed by atoms with E-state index >= 15 is 0 Å². The molecule has 0 saturated carbocycles. The van der Waals surface area contributed by atoms with Gasteiger partial charge >= 0.3 is 0 Å². The molecule has 18 heavy (non-hydrogen) atoms. The summed E-state index contributed by atoms with van der Waals surface area (Å²) in [4.78, 5) is 5.26. The number of nitrogens with two attached hydrogens (primary N) is 1. The highest BCUT2D eigenvalue weighted by molar-refractivity contribution is 7.12. The minimum atomic E-state index is 0.207. The largest absolute Gasteiger partial charge is 0.380 e. The molecule has 1 aliphatic heterocycles. The van der Waals surface area contributed by atoms with Crippen LogP contribution in [-0.2, 0) is 4.74 Å². The van der Waals surface area contributed by atoms with E-state index in [2.05, 4.69) is 30.9 Å². The Kier molecular flexibility index (Phi) is 4.78. The third-order valence-corrected chi connectivity index (χ3v) is 4.90. The molecular formula is C14H24N2OS. The van der Waals surface area contributed by atoms with Gasteiger partial charge in [0.1, 0.15) is 0 Å². The molecule has 102 valence electrons. The van der Waals surface area contributed by atoms with Gasteiger partial charge in [0.05, 0.1) is 12.1 Å². The van der Waals surface area contributed by atoms with Crippen LogP contribution in [0, 0.1) is 6.92 Å². The Hall–Kier alpha value is -0.420. The summed E-state index contributed by atoms with van der Waals surface area (Å²) in [6.45, 7) is 6.42. The predicted molar refractivity (Wildman–Crippen MR) is 77.1 cm³/mol. The number of aryl methyl sites for hydroxylation is 1. The predicted octanol–water partition coefficient (Wildman–Crippen LogP) is 2.56. The summed E-state index contributed by atoms with van der Waals surface area (Å²) in [6, 6.07) is 4.99. The van der Waals surface area contributed by atoms with E-state index in [1.54, 1.807) is 7.11 Å². The molecule has 1 saturated heterocycles. The maximum absolute atomic E-state index is 6.35. The van der Waals surface area contributed by atoms with E-state index in [9.17, 15) is 0 Å². The fraction of sp³-hybridized carbons (Fsp3) is 0.714. The quantitative estimate of drug-likeness (QED) is 0.892. The molecular weight excluding hydrogens is 244 g/mol. The summed E-state index contributed by atoms with van der Waals surface area (Å²) < 4.78 is 5.47. The van der Waals surface area contributed by atoms with Crippen molar-refractivity contribution in [2.45, 2.75) is 44.9 Å². The molecule has 3 nitrogen and oxygen atoms in total. The van der Waals surface area contributed by atoms with Crippen molar-refractivity contribution < 1.29 is 4.74 Å². The molecule has 0 aromatic carbocycles. The van der Waals surface area contributed by atoms with Gasteiger partial charge in [-0.1, -0.05) is 6.92 Å². The number of hydrogen-bond donors (Lipinski definition) is 1. The van der Waals surface area contributed by atoms with Crippen molar-refractivity contribution in [3.8, 4) is 0 Å². The van der Waals surface area contributed by atoms with Gasteiger partial charge in [-0.05, 0) is 31.9 Å². The lowest BCUT2D eigenvalue weighted by Crippen LogP contribution is -2.39. The maximum atomic E-state index is 6.35. The van der Waals surface area contributed by atoms with Crippen LogP contribution in [0.1, 0.15) is 35.6 Å². The van der Waals surface area contributed by atoms with E-state index in [-0.39, 0.29) is 6.04 Å². The standard InChI is InChI=1S/C14H24N2OS/c1-4-12(15)14(13-6-5-10(2)18-13)16-8-7-11(9-16)17-3/h5-6,11-12,14H,4,7-9,15H2,1-3H3. The van der Waals surface area contributed by atoms with Gasteiger partial charge in [0.15, 0.2) is 0 Å². The van der Waals surface area contributed by atoms with Crippen molar-refractivity contribution in [1.29, 1.82) is 0 Å². The minimum absolute atomic E-state index is 0.207. The summed E-state index contributed by atoms with van der Waals surface area (Å²) >= 11 is 1.87. The SMILES string of the molecule is CCC(N)C(c1ccc(C)s1)N1CCC(OC)C1. The molecule has 4 heteroatoms. The van der Waals surface area contributed by atoms with Crippen LogP contribution in [0.4, 0.5) is 0 Å². The number of methoxy groups -OCH3 is 1. The van der Waals surface area contributed by atoms with E-state index in [0.717, 1.165) is 25.9 Å². The molecule has 0 amide bonds. The molecule has 1 aliphatic rings. The third-order valence-electron chi connectivity index (χ3n) is 3.83. The van der Waals surface area contributed by atoms with Gasteiger partial charge in [0, 0.05) is 36.0 Å². The van der Waals surface area contributed by atoms with Crippen LogP contribution >= 0.6 is 11.3 Å². The molecule has 2 N–H and O–H groups in total. The number of nitrogens with zero attached hydrogens (tertiary/aromatic N) is 1. The number of likely N-dealkylation sites (tertiary alicyclic amines) is 1. The van der Waals surface area contributed by atoms with Crippen molar-refractivity contribution in [1.82, 2.24) is 4.90 Å². The Morgan fingerprint density at radius 1 is 1.56 bits per heavy atom. The van der Waals surface area contributed by atoms with E-state index in [0.29, 0.717) is 12.1 Å². The fourth-order valence-electron chi connectivity index (χ4n) is 2.70. The Morgan fingerprint density at radius 3 is 2.83 bits per heavy atom. The van der Waals surface area contributed by atoms with Crippen LogP contribution in [0.25, 0.3) is 0 Å². The first-order chi connectivity index (χ1) is 8.65. The van der Waals surface area contributed by atoms with E-state index < -0.39 is 0 Å². The molecule has 0 spiro atoms. The minimum Gasteiger partial charge on any atom is -0.380 e. The van der Waals surface area contributed by atoms with Gasteiger partial charge in [-0.15, -0.1) is 11.3 Å². The highest BCUT2D eigenvalue weighted by Crippen LogP contribution is 2.33. The van der Waals surface area contributed by atoms with Crippen molar-refractivity contribution >= 4 is 11.3 Å². The summed E-state index contributed by atoms with van der Waals surface area (Å²) in [7, 11) is 1.80. The first-order valence-electron chi connectivity index (χ1n) is 6.74. The normalized spacial score (nSPS) is 24.3. The number of hydrogen-bond acceptors (Lipinski definition) is 4. The van der Waals surface area contributed by atoms with Gasteiger partial charge in [-0.25, -0.2) is 0 Å². The molecule has 1 aromatic heterocycles. The van der Waals surface area contributed by atoms with Gasteiger partial charge in [0.25, 0.3) is 0 Å². The highest BCUT2D eigenvalue weighted by Gasteiger charge is 2.32. The second-order valence-corrected chi connectivity index (χ2v) is 6.43. The zero-order valence-electron chi connectivity index (χ0n) is 11.6. The molecule has 3 unspecified atom stereocenters. The molecule has 1 fully saturated rings. The molecule has 2 rings (SSSR count). The van der Waals surface area contributed by atoms with Gasteiger partial charge < -0.3 is 10.5 Å². The summed E-state index contributed by atoms with van der Waals surface area (Å²) in [5.74, 6) is 0. The van der Waals surface area contributed by atoms with Gasteiger partial charge in [0.2, 0.25) is 0 Å². The van der Waals surface area contributed by atoms with Crippen molar-refractivity contribution in [2.24, 2.45) is 5.73 Å². The van der Waals surface area contributed by atoms with Gasteiger partial charge in [-0.3, -0.25) is 4.90 Å². The average Bonchev–Trinajstić information content (AvgIpc) is 2.99. The lowest BCUT2D eigenvalue weighted by Gasteiger charge is -2.31. The summed E-state index contributed by atoms with van der Waals surface area (Å²) in [5, 5.41) is 0. The number of rotatable bonds is 5. The Bertz CT molecular complexity index is 380. The first-order valence-corrected chi connectivity index (χ1v) is 7.56. The van der Waals surface area contributed by atoms with E-state index in [1.807, 2.05) is 11.3 Å². The molecule has 1 aromatic rings. The zero-order chi connectivity index (χ0) is 13.1.